The van der Waals surface area contributed by atoms with Crippen molar-refractivity contribution >= 4 is 0 Å². The molecule has 18 heavy (non-hydrogen) atoms. The molecule has 0 radical (unpaired) electrons. The lowest BCUT2D eigenvalue weighted by molar-refractivity contribution is -0.0549. The summed E-state index contributed by atoms with van der Waals surface area (Å²) >= 11 is 0. The van der Waals surface area contributed by atoms with Gasteiger partial charge in [0, 0.05) is 13.2 Å². The average Bonchev–Trinajstić information content (AvgIpc) is 2.26. The van der Waals surface area contributed by atoms with Gasteiger partial charge in [0.2, 0.25) is 0 Å². The minimum Gasteiger partial charge on any atom is -0.393 e. The van der Waals surface area contributed by atoms with Crippen LogP contribution in [0, 0.1) is 11.8 Å². The number of hydrogen-bond acceptors (Lipinski definition) is 3. The molecule has 0 spiro atoms. The highest BCUT2D eigenvalue weighted by atomic mass is 16.7. The van der Waals surface area contributed by atoms with Crippen LogP contribution in [-0.4, -0.2) is 31.2 Å². The van der Waals surface area contributed by atoms with Crippen LogP contribution in [0.4, 0.5) is 0 Å². The molecule has 0 aromatic carbocycles. The van der Waals surface area contributed by atoms with Crippen LogP contribution in [0.2, 0.25) is 0 Å². The third-order valence-electron chi connectivity index (χ3n) is 3.05. The number of aliphatic hydroxyl groups is 1. The van der Waals surface area contributed by atoms with Gasteiger partial charge >= 0.3 is 0 Å². The zero-order chi connectivity index (χ0) is 13.8. The standard InChI is InChI=1S/C15H32O3/c1-5-8-17-12-18-9-6-7-13(2)10-14(3)11-15(4)16/h13-16H,5-12H2,1-4H3. The molecular weight excluding hydrogens is 228 g/mol. The summed E-state index contributed by atoms with van der Waals surface area (Å²) in [5.74, 6) is 1.31. The van der Waals surface area contributed by atoms with E-state index in [2.05, 4.69) is 20.8 Å². The fraction of sp³-hybridized carbons (Fsp3) is 1.00. The number of hydrogen-bond donors (Lipinski definition) is 1. The zero-order valence-electron chi connectivity index (χ0n) is 12.7. The van der Waals surface area contributed by atoms with E-state index in [4.69, 9.17) is 9.47 Å². The normalized spacial score (nSPS) is 16.5. The van der Waals surface area contributed by atoms with Gasteiger partial charge < -0.3 is 14.6 Å². The van der Waals surface area contributed by atoms with Crippen LogP contribution >= 0.6 is 0 Å². The summed E-state index contributed by atoms with van der Waals surface area (Å²) in [6, 6.07) is 0. The van der Waals surface area contributed by atoms with E-state index in [9.17, 15) is 5.11 Å². The molecule has 0 fully saturated rings. The summed E-state index contributed by atoms with van der Waals surface area (Å²) in [5.41, 5.74) is 0. The van der Waals surface area contributed by atoms with E-state index in [1.807, 2.05) is 6.92 Å². The highest BCUT2D eigenvalue weighted by Gasteiger charge is 2.10. The highest BCUT2D eigenvalue weighted by Crippen LogP contribution is 2.20. The first-order chi connectivity index (χ1) is 8.56. The van der Waals surface area contributed by atoms with Gasteiger partial charge in [0.25, 0.3) is 0 Å². The van der Waals surface area contributed by atoms with E-state index < -0.39 is 0 Å². The van der Waals surface area contributed by atoms with Crippen molar-refractivity contribution in [3.05, 3.63) is 0 Å². The van der Waals surface area contributed by atoms with E-state index in [1.165, 1.54) is 12.8 Å². The Labute approximate surface area is 113 Å². The molecule has 3 unspecified atom stereocenters. The van der Waals surface area contributed by atoms with Gasteiger partial charge in [0.05, 0.1) is 6.10 Å². The van der Waals surface area contributed by atoms with Crippen molar-refractivity contribution in [3.8, 4) is 0 Å². The molecule has 0 heterocycles. The van der Waals surface area contributed by atoms with Gasteiger partial charge in [-0.25, -0.2) is 0 Å². The van der Waals surface area contributed by atoms with Crippen LogP contribution in [0.3, 0.4) is 0 Å². The van der Waals surface area contributed by atoms with Gasteiger partial charge in [0.15, 0.2) is 0 Å². The molecule has 0 saturated heterocycles. The zero-order valence-corrected chi connectivity index (χ0v) is 12.7. The van der Waals surface area contributed by atoms with Gasteiger partial charge in [0.1, 0.15) is 6.79 Å². The Morgan fingerprint density at radius 1 is 0.944 bits per heavy atom. The molecule has 0 aliphatic carbocycles. The molecule has 3 heteroatoms. The third kappa shape index (κ3) is 12.3. The monoisotopic (exact) mass is 260 g/mol. The number of aliphatic hydroxyl groups excluding tert-OH is 1. The maximum Gasteiger partial charge on any atom is 0.146 e. The Balaban J connectivity index is 3.33. The SMILES string of the molecule is CCCOCOCCCC(C)CC(C)CC(C)O. The average molecular weight is 260 g/mol. The Bertz CT molecular complexity index is 171. The third-order valence-corrected chi connectivity index (χ3v) is 3.05. The maximum atomic E-state index is 9.32. The molecule has 0 rings (SSSR count). The van der Waals surface area contributed by atoms with Crippen molar-refractivity contribution < 1.29 is 14.6 Å². The van der Waals surface area contributed by atoms with Gasteiger partial charge in [-0.2, -0.15) is 0 Å². The molecule has 110 valence electrons. The second-order valence-corrected chi connectivity index (χ2v) is 5.61. The lowest BCUT2D eigenvalue weighted by Gasteiger charge is -2.18. The molecule has 0 saturated carbocycles. The number of rotatable bonds is 12. The lowest BCUT2D eigenvalue weighted by atomic mass is 9.90. The molecule has 0 bridgehead atoms. The van der Waals surface area contributed by atoms with E-state index in [0.717, 1.165) is 32.5 Å². The molecule has 0 aromatic heterocycles. The molecule has 0 aromatic rings. The smallest absolute Gasteiger partial charge is 0.146 e. The van der Waals surface area contributed by atoms with Crippen molar-refractivity contribution in [2.24, 2.45) is 11.8 Å². The topological polar surface area (TPSA) is 38.7 Å². The molecule has 0 aliphatic heterocycles. The van der Waals surface area contributed by atoms with Crippen LogP contribution < -0.4 is 0 Å². The van der Waals surface area contributed by atoms with Gasteiger partial charge in [-0.15, -0.1) is 0 Å². The largest absolute Gasteiger partial charge is 0.393 e. The Morgan fingerprint density at radius 2 is 1.61 bits per heavy atom. The van der Waals surface area contributed by atoms with Gasteiger partial charge in [-0.1, -0.05) is 20.8 Å². The summed E-state index contributed by atoms with van der Waals surface area (Å²) in [5, 5.41) is 9.32. The Hall–Kier alpha value is -0.120. The van der Waals surface area contributed by atoms with Crippen molar-refractivity contribution in [1.82, 2.24) is 0 Å². The molecular formula is C15H32O3. The predicted molar refractivity (Wildman–Crippen MR) is 75.5 cm³/mol. The fourth-order valence-corrected chi connectivity index (χ4v) is 2.34. The lowest BCUT2D eigenvalue weighted by Crippen LogP contribution is -2.11. The van der Waals surface area contributed by atoms with Crippen molar-refractivity contribution in [1.29, 1.82) is 0 Å². The molecule has 3 atom stereocenters. The van der Waals surface area contributed by atoms with Crippen LogP contribution in [0.5, 0.6) is 0 Å². The van der Waals surface area contributed by atoms with Crippen LogP contribution in [0.1, 0.15) is 59.8 Å². The summed E-state index contributed by atoms with van der Waals surface area (Å²) in [4.78, 5) is 0. The van der Waals surface area contributed by atoms with E-state index in [0.29, 0.717) is 18.6 Å². The predicted octanol–water partition coefficient (Wildman–Crippen LogP) is 3.60. The van der Waals surface area contributed by atoms with Crippen LogP contribution in [0.15, 0.2) is 0 Å². The first kappa shape index (κ1) is 17.9. The van der Waals surface area contributed by atoms with Gasteiger partial charge in [-0.05, 0) is 50.9 Å². The molecule has 0 aliphatic rings. The summed E-state index contributed by atoms with van der Waals surface area (Å²) < 4.78 is 10.6. The highest BCUT2D eigenvalue weighted by molar-refractivity contribution is 4.62. The first-order valence-corrected chi connectivity index (χ1v) is 7.39. The van der Waals surface area contributed by atoms with Gasteiger partial charge in [-0.3, -0.25) is 0 Å². The van der Waals surface area contributed by atoms with Crippen LogP contribution in [0.25, 0.3) is 0 Å². The second-order valence-electron chi connectivity index (χ2n) is 5.61. The molecule has 3 nitrogen and oxygen atoms in total. The van der Waals surface area contributed by atoms with E-state index in [-0.39, 0.29) is 6.10 Å². The first-order valence-electron chi connectivity index (χ1n) is 7.39. The summed E-state index contributed by atoms with van der Waals surface area (Å²) in [6.45, 7) is 10.5. The minimum atomic E-state index is -0.175. The Morgan fingerprint density at radius 3 is 2.22 bits per heavy atom. The minimum absolute atomic E-state index is 0.175. The molecule has 1 N–H and O–H groups in total. The van der Waals surface area contributed by atoms with Crippen LogP contribution in [-0.2, 0) is 9.47 Å². The van der Waals surface area contributed by atoms with E-state index >= 15 is 0 Å². The molecule has 0 amide bonds. The second kappa shape index (κ2) is 11.9. The fourth-order valence-electron chi connectivity index (χ4n) is 2.34. The van der Waals surface area contributed by atoms with E-state index in [1.54, 1.807) is 0 Å². The van der Waals surface area contributed by atoms with Crippen molar-refractivity contribution in [3.63, 3.8) is 0 Å². The maximum absolute atomic E-state index is 9.32. The summed E-state index contributed by atoms with van der Waals surface area (Å²) in [7, 11) is 0. The van der Waals surface area contributed by atoms with Crippen molar-refractivity contribution in [2.45, 2.75) is 65.9 Å². The summed E-state index contributed by atoms with van der Waals surface area (Å²) in [6.07, 6.45) is 5.26. The number of ether oxygens (including phenoxy) is 2. The van der Waals surface area contributed by atoms with Crippen molar-refractivity contribution in [2.75, 3.05) is 20.0 Å². The quantitative estimate of drug-likeness (QED) is 0.430. The Kier molecular flexibility index (Phi) is 11.9.